The molecule has 2 aliphatic heterocycles. The number of carbonyl (C=O) groups is 1. The predicted molar refractivity (Wildman–Crippen MR) is 91.9 cm³/mol. The second-order valence-corrected chi connectivity index (χ2v) is 7.52. The van der Waals surface area contributed by atoms with Crippen molar-refractivity contribution in [2.45, 2.75) is 57.7 Å². The van der Waals surface area contributed by atoms with Crippen LogP contribution in [0.25, 0.3) is 0 Å². The van der Waals surface area contributed by atoms with E-state index in [1.54, 1.807) is 25.7 Å². The highest BCUT2D eigenvalue weighted by Gasteiger charge is 2.60. The Kier molecular flexibility index (Phi) is 4.88. The van der Waals surface area contributed by atoms with Crippen LogP contribution in [0.4, 0.5) is 8.78 Å². The van der Waals surface area contributed by atoms with E-state index < -0.39 is 28.6 Å². The fraction of sp³-hybridized carbons (Fsp3) is 0.556. The van der Waals surface area contributed by atoms with Crippen molar-refractivity contribution in [1.29, 1.82) is 5.26 Å². The van der Waals surface area contributed by atoms with Gasteiger partial charge in [0.1, 0.15) is 0 Å². The van der Waals surface area contributed by atoms with Crippen LogP contribution in [0, 0.1) is 35.3 Å². The average molecular weight is 370 g/mol. The summed E-state index contributed by atoms with van der Waals surface area (Å²) >= 11 is 0. The quantitative estimate of drug-likeness (QED) is 0.870. The van der Waals surface area contributed by atoms with E-state index in [4.69, 9.17) is 5.73 Å². The van der Waals surface area contributed by atoms with Crippen molar-refractivity contribution in [2.75, 3.05) is 0 Å². The van der Waals surface area contributed by atoms with Gasteiger partial charge in [-0.15, -0.1) is 12.4 Å². The second-order valence-electron chi connectivity index (χ2n) is 7.52. The Morgan fingerprint density at radius 1 is 1.36 bits per heavy atom. The number of amides is 1. The number of nitrogens with two attached hydrogens (primary N) is 1. The largest absolute Gasteiger partial charge is 0.327 e. The van der Waals surface area contributed by atoms with Gasteiger partial charge in [0.05, 0.1) is 29.1 Å². The molecule has 1 amide bonds. The van der Waals surface area contributed by atoms with Gasteiger partial charge in [0.2, 0.25) is 5.91 Å². The van der Waals surface area contributed by atoms with E-state index in [1.165, 1.54) is 6.07 Å². The first-order valence-corrected chi connectivity index (χ1v) is 8.10. The Morgan fingerprint density at radius 3 is 2.56 bits per heavy atom. The molecule has 2 N–H and O–H groups in total. The monoisotopic (exact) mass is 369 g/mol. The topological polar surface area (TPSA) is 70.1 Å². The first-order chi connectivity index (χ1) is 11.1. The molecule has 0 radical (unpaired) electrons. The first kappa shape index (κ1) is 19.6. The zero-order valence-corrected chi connectivity index (χ0v) is 15.3. The van der Waals surface area contributed by atoms with Crippen molar-refractivity contribution in [3.8, 4) is 6.07 Å². The van der Waals surface area contributed by atoms with Crippen molar-refractivity contribution in [2.24, 2.45) is 11.1 Å². The van der Waals surface area contributed by atoms with Gasteiger partial charge in [0, 0.05) is 0 Å². The highest BCUT2D eigenvalue weighted by molar-refractivity contribution is 5.86. The fourth-order valence-corrected chi connectivity index (χ4v) is 4.40. The lowest BCUT2D eigenvalue weighted by molar-refractivity contribution is -0.134. The molecule has 3 atom stereocenters. The van der Waals surface area contributed by atoms with Gasteiger partial charge in [-0.1, -0.05) is 0 Å². The summed E-state index contributed by atoms with van der Waals surface area (Å²) in [5.41, 5.74) is 5.71. The van der Waals surface area contributed by atoms with E-state index >= 15 is 0 Å². The number of benzene rings is 1. The maximum atomic E-state index is 13.9. The van der Waals surface area contributed by atoms with Gasteiger partial charge in [-0.3, -0.25) is 4.79 Å². The van der Waals surface area contributed by atoms with Crippen LogP contribution < -0.4 is 5.73 Å². The number of halogens is 3. The molecule has 1 aromatic carbocycles. The number of hydrogen-bond donors (Lipinski definition) is 1. The third-order valence-corrected chi connectivity index (χ3v) is 5.61. The summed E-state index contributed by atoms with van der Waals surface area (Å²) in [6.45, 7) is 5.30. The van der Waals surface area contributed by atoms with Gasteiger partial charge in [0.15, 0.2) is 11.6 Å². The lowest BCUT2D eigenvalue weighted by Gasteiger charge is -2.40. The number of hydrogen-bond acceptors (Lipinski definition) is 3. The number of rotatable bonds is 2. The van der Waals surface area contributed by atoms with Crippen molar-refractivity contribution < 1.29 is 13.6 Å². The molecule has 7 heteroatoms. The average Bonchev–Trinajstić information content (AvgIpc) is 3.00. The van der Waals surface area contributed by atoms with Gasteiger partial charge in [0.25, 0.3) is 0 Å². The standard InChI is InChI=1S/C18H21F2N3O.ClH/c1-10-6-12(19)13(20)7-11(10)18-5-4-15(17(2,3)9-21)23(18)16(24)14(22)8-18;/h6-7,14-15H,4-5,8,22H2,1-3H3;1H/t14-,15+,18+;/m0./s1. The Hall–Kier alpha value is -1.71. The van der Waals surface area contributed by atoms with E-state index in [0.29, 0.717) is 30.4 Å². The Morgan fingerprint density at radius 2 is 1.96 bits per heavy atom. The van der Waals surface area contributed by atoms with E-state index in [2.05, 4.69) is 6.07 Å². The molecule has 2 saturated heterocycles. The molecule has 0 aliphatic carbocycles. The molecule has 2 fully saturated rings. The number of nitriles is 1. The number of fused-ring (bicyclic) bond motifs is 1. The van der Waals surface area contributed by atoms with Crippen LogP contribution in [0.2, 0.25) is 0 Å². The van der Waals surface area contributed by atoms with Crippen LogP contribution in [0.1, 0.15) is 44.2 Å². The summed E-state index contributed by atoms with van der Waals surface area (Å²) in [6, 6.07) is 3.63. The predicted octanol–water partition coefficient (Wildman–Crippen LogP) is 3.16. The molecular formula is C18H22ClF2N3O. The number of aryl methyl sites for hydroxylation is 1. The van der Waals surface area contributed by atoms with E-state index in [-0.39, 0.29) is 24.4 Å². The maximum absolute atomic E-state index is 13.9. The second kappa shape index (κ2) is 6.22. The number of carbonyl (C=O) groups excluding carboxylic acids is 1. The number of nitrogens with zero attached hydrogens (tertiary/aromatic N) is 2. The summed E-state index contributed by atoms with van der Waals surface area (Å²) in [4.78, 5) is 14.4. The minimum atomic E-state index is -0.930. The zero-order valence-electron chi connectivity index (χ0n) is 14.5. The van der Waals surface area contributed by atoms with E-state index in [9.17, 15) is 18.8 Å². The molecule has 3 rings (SSSR count). The van der Waals surface area contributed by atoms with E-state index in [1.807, 2.05) is 0 Å². The third-order valence-electron chi connectivity index (χ3n) is 5.61. The fourth-order valence-electron chi connectivity index (χ4n) is 4.40. The van der Waals surface area contributed by atoms with E-state index in [0.717, 1.165) is 6.07 Å². The molecule has 2 heterocycles. The van der Waals surface area contributed by atoms with Crippen molar-refractivity contribution in [3.05, 3.63) is 34.9 Å². The smallest absolute Gasteiger partial charge is 0.240 e. The van der Waals surface area contributed by atoms with Crippen molar-refractivity contribution in [3.63, 3.8) is 0 Å². The van der Waals surface area contributed by atoms with Gasteiger partial charge in [-0.2, -0.15) is 5.26 Å². The van der Waals surface area contributed by atoms with Crippen molar-refractivity contribution in [1.82, 2.24) is 4.90 Å². The van der Waals surface area contributed by atoms with Gasteiger partial charge >= 0.3 is 0 Å². The molecule has 0 bridgehead atoms. The lowest BCUT2D eigenvalue weighted by atomic mass is 9.82. The van der Waals surface area contributed by atoms with Crippen molar-refractivity contribution >= 4 is 18.3 Å². The molecule has 1 aromatic rings. The molecule has 2 aliphatic rings. The van der Waals surface area contributed by atoms with Crippen LogP contribution in [-0.2, 0) is 10.3 Å². The summed E-state index contributed by atoms with van der Waals surface area (Å²) < 4.78 is 27.4. The van der Waals surface area contributed by atoms with Gasteiger partial charge in [-0.05, 0) is 63.3 Å². The normalized spacial score (nSPS) is 28.5. The summed E-state index contributed by atoms with van der Waals surface area (Å²) in [7, 11) is 0. The minimum Gasteiger partial charge on any atom is -0.327 e. The Balaban J connectivity index is 0.00000225. The summed E-state index contributed by atoms with van der Waals surface area (Å²) in [5, 5.41) is 9.49. The molecule has 4 nitrogen and oxygen atoms in total. The molecule has 0 saturated carbocycles. The van der Waals surface area contributed by atoms with Crippen LogP contribution in [0.5, 0.6) is 0 Å². The molecule has 25 heavy (non-hydrogen) atoms. The highest BCUT2D eigenvalue weighted by Crippen LogP contribution is 2.54. The maximum Gasteiger partial charge on any atom is 0.240 e. The van der Waals surface area contributed by atoms with Crippen LogP contribution in [-0.4, -0.2) is 22.9 Å². The molecule has 136 valence electrons. The lowest BCUT2D eigenvalue weighted by Crippen LogP contribution is -2.49. The first-order valence-electron chi connectivity index (χ1n) is 8.10. The van der Waals surface area contributed by atoms with Crippen LogP contribution >= 0.6 is 12.4 Å². The molecule has 0 aromatic heterocycles. The van der Waals surface area contributed by atoms with Crippen LogP contribution in [0.3, 0.4) is 0 Å². The van der Waals surface area contributed by atoms with Crippen LogP contribution in [0.15, 0.2) is 12.1 Å². The summed E-state index contributed by atoms with van der Waals surface area (Å²) in [6.07, 6.45) is 1.58. The third kappa shape index (κ3) is 2.70. The van der Waals surface area contributed by atoms with Gasteiger partial charge in [-0.25, -0.2) is 8.78 Å². The van der Waals surface area contributed by atoms with Gasteiger partial charge < -0.3 is 10.6 Å². The Labute approximate surface area is 152 Å². The molecule has 0 unspecified atom stereocenters. The molecule has 0 spiro atoms. The SMILES string of the molecule is Cc1cc(F)c(F)cc1[C@]12CC[C@H](C(C)(C)C#N)N1C(=O)[C@@H](N)C2.Cl. The zero-order chi connectivity index (χ0) is 17.9. The highest BCUT2D eigenvalue weighted by atomic mass is 35.5. The Bertz CT molecular complexity index is 761. The minimum absolute atomic E-state index is 0. The summed E-state index contributed by atoms with van der Waals surface area (Å²) in [5.74, 6) is -2.05. The molecular weight excluding hydrogens is 348 g/mol.